The molecular weight excluding hydrogens is 382 g/mol. The number of piperazine rings is 1. The van der Waals surface area contributed by atoms with E-state index in [-0.39, 0.29) is 6.03 Å². The number of benzene rings is 1. The van der Waals surface area contributed by atoms with Crippen molar-refractivity contribution < 1.29 is 9.53 Å². The smallest absolute Gasteiger partial charge is 0.321 e. The SMILES string of the molecule is COc1cccc(NC(=O)N2CCN(c3c4c(nc5ncnn35)CCCC4)CC2)c1. The first-order chi connectivity index (χ1) is 14.7. The van der Waals surface area contributed by atoms with Gasteiger partial charge in [0.1, 0.15) is 17.9 Å². The average molecular weight is 407 g/mol. The van der Waals surface area contributed by atoms with Gasteiger partial charge in [0.25, 0.3) is 5.78 Å². The van der Waals surface area contributed by atoms with Gasteiger partial charge in [-0.25, -0.2) is 9.78 Å². The number of nitrogens with zero attached hydrogens (tertiary/aromatic N) is 6. The third kappa shape index (κ3) is 3.40. The Morgan fingerprint density at radius 2 is 1.97 bits per heavy atom. The van der Waals surface area contributed by atoms with Gasteiger partial charge in [-0.15, -0.1) is 0 Å². The summed E-state index contributed by atoms with van der Waals surface area (Å²) in [6, 6.07) is 7.31. The minimum absolute atomic E-state index is 0.0921. The van der Waals surface area contributed by atoms with E-state index in [0.717, 1.165) is 48.9 Å². The van der Waals surface area contributed by atoms with Crippen LogP contribution in [-0.2, 0) is 12.8 Å². The van der Waals surface area contributed by atoms with Crippen LogP contribution in [-0.4, -0.2) is 63.8 Å². The molecule has 0 bridgehead atoms. The van der Waals surface area contributed by atoms with Gasteiger partial charge in [-0.2, -0.15) is 14.6 Å². The third-order valence-corrected chi connectivity index (χ3v) is 5.86. The Bertz CT molecular complexity index is 1070. The van der Waals surface area contributed by atoms with Gasteiger partial charge in [-0.3, -0.25) is 0 Å². The molecule has 2 aliphatic rings. The molecular formula is C21H25N7O2. The fraction of sp³-hybridized carbons (Fsp3) is 0.429. The van der Waals surface area contributed by atoms with E-state index in [1.807, 2.05) is 33.7 Å². The number of nitrogens with one attached hydrogen (secondary N) is 1. The van der Waals surface area contributed by atoms with E-state index in [9.17, 15) is 4.79 Å². The van der Waals surface area contributed by atoms with Crippen LogP contribution in [0.1, 0.15) is 24.1 Å². The normalized spacial score (nSPS) is 16.4. The molecule has 1 saturated heterocycles. The number of hydrogen-bond acceptors (Lipinski definition) is 6. The van der Waals surface area contributed by atoms with Crippen molar-refractivity contribution in [3.63, 3.8) is 0 Å². The van der Waals surface area contributed by atoms with Crippen LogP contribution in [0.15, 0.2) is 30.6 Å². The highest BCUT2D eigenvalue weighted by molar-refractivity contribution is 5.89. The highest BCUT2D eigenvalue weighted by Gasteiger charge is 2.27. The van der Waals surface area contributed by atoms with Crippen LogP contribution < -0.4 is 15.0 Å². The number of methoxy groups -OCH3 is 1. The van der Waals surface area contributed by atoms with Gasteiger partial charge in [-0.05, 0) is 37.8 Å². The van der Waals surface area contributed by atoms with E-state index < -0.39 is 0 Å². The number of hydrogen-bond donors (Lipinski definition) is 1. The maximum absolute atomic E-state index is 12.7. The van der Waals surface area contributed by atoms with E-state index in [4.69, 9.17) is 9.72 Å². The summed E-state index contributed by atoms with van der Waals surface area (Å²) in [5, 5.41) is 7.39. The molecule has 1 fully saturated rings. The number of ether oxygens (including phenoxy) is 1. The average Bonchev–Trinajstić information content (AvgIpc) is 3.25. The molecule has 5 rings (SSSR count). The van der Waals surface area contributed by atoms with Gasteiger partial charge in [0.05, 0.1) is 12.8 Å². The summed E-state index contributed by atoms with van der Waals surface area (Å²) >= 11 is 0. The molecule has 1 N–H and O–H groups in total. The molecule has 1 aromatic carbocycles. The minimum Gasteiger partial charge on any atom is -0.497 e. The van der Waals surface area contributed by atoms with Crippen molar-refractivity contribution in [3.8, 4) is 5.75 Å². The zero-order valence-corrected chi connectivity index (χ0v) is 17.0. The Hall–Kier alpha value is -3.36. The van der Waals surface area contributed by atoms with Gasteiger partial charge in [-0.1, -0.05) is 6.07 Å². The number of carbonyl (C=O) groups is 1. The summed E-state index contributed by atoms with van der Waals surface area (Å²) in [6.07, 6.45) is 5.92. The summed E-state index contributed by atoms with van der Waals surface area (Å²) < 4.78 is 7.09. The molecule has 0 saturated carbocycles. The van der Waals surface area contributed by atoms with Crippen molar-refractivity contribution in [2.75, 3.05) is 43.5 Å². The maximum atomic E-state index is 12.7. The van der Waals surface area contributed by atoms with Gasteiger partial charge >= 0.3 is 6.03 Å². The monoisotopic (exact) mass is 407 g/mol. The Morgan fingerprint density at radius 3 is 2.80 bits per heavy atom. The summed E-state index contributed by atoms with van der Waals surface area (Å²) in [5.74, 6) is 2.47. The van der Waals surface area contributed by atoms with Gasteiger partial charge in [0.15, 0.2) is 0 Å². The quantitative estimate of drug-likeness (QED) is 0.717. The number of fused-ring (bicyclic) bond motifs is 2. The van der Waals surface area contributed by atoms with Crippen LogP contribution in [0.2, 0.25) is 0 Å². The lowest BCUT2D eigenvalue weighted by Crippen LogP contribution is -2.51. The zero-order valence-electron chi connectivity index (χ0n) is 17.0. The molecule has 30 heavy (non-hydrogen) atoms. The minimum atomic E-state index is -0.0921. The molecule has 3 aromatic rings. The van der Waals surface area contributed by atoms with Crippen molar-refractivity contribution >= 4 is 23.3 Å². The van der Waals surface area contributed by atoms with E-state index in [1.54, 1.807) is 13.4 Å². The fourth-order valence-corrected chi connectivity index (χ4v) is 4.31. The van der Waals surface area contributed by atoms with Crippen LogP contribution in [0.3, 0.4) is 0 Å². The molecule has 2 aromatic heterocycles. The van der Waals surface area contributed by atoms with Crippen LogP contribution in [0.5, 0.6) is 5.75 Å². The lowest BCUT2D eigenvalue weighted by Gasteiger charge is -2.37. The van der Waals surface area contributed by atoms with Gasteiger partial charge in [0, 0.05) is 43.5 Å². The number of urea groups is 1. The molecule has 1 aliphatic heterocycles. The highest BCUT2D eigenvalue weighted by atomic mass is 16.5. The number of aryl methyl sites for hydroxylation is 1. The topological polar surface area (TPSA) is 87.9 Å². The second kappa shape index (κ2) is 7.81. The Labute approximate surface area is 174 Å². The lowest BCUT2D eigenvalue weighted by atomic mass is 9.96. The Balaban J connectivity index is 1.31. The Kier molecular flexibility index (Phi) is 4.86. The van der Waals surface area contributed by atoms with Crippen molar-refractivity contribution in [1.29, 1.82) is 0 Å². The van der Waals surface area contributed by atoms with Crippen molar-refractivity contribution in [3.05, 3.63) is 41.9 Å². The highest BCUT2D eigenvalue weighted by Crippen LogP contribution is 2.30. The first kappa shape index (κ1) is 18.7. The molecule has 0 atom stereocenters. The maximum Gasteiger partial charge on any atom is 0.321 e. The molecule has 3 heterocycles. The molecule has 1 aliphatic carbocycles. The Morgan fingerprint density at radius 1 is 1.13 bits per heavy atom. The van der Waals surface area contributed by atoms with Gasteiger partial charge < -0.3 is 19.9 Å². The second-order valence-corrected chi connectivity index (χ2v) is 7.68. The molecule has 2 amide bonds. The number of rotatable bonds is 3. The molecule has 9 nitrogen and oxygen atoms in total. The fourth-order valence-electron chi connectivity index (χ4n) is 4.31. The third-order valence-electron chi connectivity index (χ3n) is 5.86. The van der Waals surface area contributed by atoms with E-state index in [2.05, 4.69) is 20.3 Å². The number of aromatic nitrogens is 4. The van der Waals surface area contributed by atoms with Crippen LogP contribution in [0, 0.1) is 0 Å². The van der Waals surface area contributed by atoms with Crippen molar-refractivity contribution in [1.82, 2.24) is 24.5 Å². The predicted octanol–water partition coefficient (Wildman–Crippen LogP) is 2.37. The summed E-state index contributed by atoms with van der Waals surface area (Å²) in [4.78, 5) is 25.9. The number of carbonyl (C=O) groups excluding carboxylic acids is 1. The van der Waals surface area contributed by atoms with Crippen LogP contribution in [0.4, 0.5) is 16.3 Å². The van der Waals surface area contributed by atoms with Gasteiger partial charge in [0.2, 0.25) is 0 Å². The van der Waals surface area contributed by atoms with E-state index >= 15 is 0 Å². The largest absolute Gasteiger partial charge is 0.497 e. The molecule has 156 valence electrons. The standard InChI is InChI=1S/C21H25N7O2/c1-30-16-6-4-5-15(13-16)24-21(29)27-11-9-26(10-12-27)19-17-7-2-3-8-18(17)25-20-22-14-23-28(19)20/h4-6,13-14H,2-3,7-12H2,1H3,(H,24,29). The van der Waals surface area contributed by atoms with E-state index in [0.29, 0.717) is 18.9 Å². The first-order valence-electron chi connectivity index (χ1n) is 10.4. The molecule has 0 radical (unpaired) electrons. The summed E-state index contributed by atoms with van der Waals surface area (Å²) in [7, 11) is 1.62. The summed E-state index contributed by atoms with van der Waals surface area (Å²) in [6.45, 7) is 2.78. The number of anilines is 2. The first-order valence-corrected chi connectivity index (χ1v) is 10.4. The molecule has 0 spiro atoms. The second-order valence-electron chi connectivity index (χ2n) is 7.68. The van der Waals surface area contributed by atoms with Crippen molar-refractivity contribution in [2.24, 2.45) is 0 Å². The molecule has 9 heteroatoms. The van der Waals surface area contributed by atoms with Crippen molar-refractivity contribution in [2.45, 2.75) is 25.7 Å². The van der Waals surface area contributed by atoms with E-state index in [1.165, 1.54) is 18.4 Å². The van der Waals surface area contributed by atoms with Crippen LogP contribution in [0.25, 0.3) is 5.78 Å². The summed E-state index contributed by atoms with van der Waals surface area (Å²) in [5.41, 5.74) is 3.16. The predicted molar refractivity (Wildman–Crippen MR) is 113 cm³/mol. The zero-order chi connectivity index (χ0) is 20.5. The van der Waals surface area contributed by atoms with Crippen LogP contribution >= 0.6 is 0 Å². The lowest BCUT2D eigenvalue weighted by molar-refractivity contribution is 0.208. The molecule has 0 unspecified atom stereocenters. The number of amides is 2.